The number of rotatable bonds is 5. The van der Waals surface area contributed by atoms with Gasteiger partial charge in [-0.05, 0) is 48.8 Å². The van der Waals surface area contributed by atoms with Gasteiger partial charge >= 0.3 is 5.97 Å². The first-order chi connectivity index (χ1) is 8.52. The van der Waals surface area contributed by atoms with E-state index in [9.17, 15) is 9.90 Å². The molecule has 1 fully saturated rings. The van der Waals surface area contributed by atoms with Gasteiger partial charge in [0.15, 0.2) is 11.5 Å². The second kappa shape index (κ2) is 4.88. The van der Waals surface area contributed by atoms with Crippen LogP contribution in [-0.4, -0.2) is 23.3 Å². The van der Waals surface area contributed by atoms with Crippen LogP contribution in [0.2, 0.25) is 0 Å². The SMILES string of the molecule is COc1cc(C(CC(=O)O)C2CC2)cc(C)c1O. The summed E-state index contributed by atoms with van der Waals surface area (Å²) in [6.07, 6.45) is 2.30. The van der Waals surface area contributed by atoms with E-state index in [2.05, 4.69) is 0 Å². The van der Waals surface area contributed by atoms with Gasteiger partial charge in [-0.2, -0.15) is 0 Å². The minimum atomic E-state index is -0.781. The summed E-state index contributed by atoms with van der Waals surface area (Å²) in [7, 11) is 1.50. The van der Waals surface area contributed by atoms with Crippen LogP contribution < -0.4 is 4.74 Å². The molecule has 98 valence electrons. The second-order valence-corrected chi connectivity index (χ2v) is 4.93. The molecule has 0 aliphatic heterocycles. The van der Waals surface area contributed by atoms with Crippen LogP contribution in [0.4, 0.5) is 0 Å². The van der Waals surface area contributed by atoms with Crippen molar-refractivity contribution < 1.29 is 19.7 Å². The van der Waals surface area contributed by atoms with Gasteiger partial charge in [0.1, 0.15) is 0 Å². The maximum Gasteiger partial charge on any atom is 0.303 e. The van der Waals surface area contributed by atoms with E-state index in [1.54, 1.807) is 13.0 Å². The fourth-order valence-corrected chi connectivity index (χ4v) is 2.39. The van der Waals surface area contributed by atoms with Crippen LogP contribution in [0.5, 0.6) is 11.5 Å². The molecule has 0 aromatic heterocycles. The topological polar surface area (TPSA) is 66.8 Å². The normalized spacial score (nSPS) is 16.3. The number of aromatic hydroxyl groups is 1. The van der Waals surface area contributed by atoms with Gasteiger partial charge in [-0.15, -0.1) is 0 Å². The Morgan fingerprint density at radius 2 is 2.17 bits per heavy atom. The van der Waals surface area contributed by atoms with Crippen LogP contribution in [0.25, 0.3) is 0 Å². The number of carbonyl (C=O) groups is 1. The molecular weight excluding hydrogens is 232 g/mol. The van der Waals surface area contributed by atoms with E-state index in [0.29, 0.717) is 11.7 Å². The number of phenols is 1. The molecule has 1 unspecified atom stereocenters. The summed E-state index contributed by atoms with van der Waals surface area (Å²) in [6, 6.07) is 3.62. The number of phenolic OH excluding ortho intramolecular Hbond substituents is 1. The summed E-state index contributed by atoms with van der Waals surface area (Å²) in [5.41, 5.74) is 1.67. The third-order valence-electron chi connectivity index (χ3n) is 3.52. The zero-order valence-electron chi connectivity index (χ0n) is 10.6. The van der Waals surface area contributed by atoms with E-state index in [4.69, 9.17) is 9.84 Å². The average Bonchev–Trinajstić information content (AvgIpc) is 3.13. The molecule has 0 saturated heterocycles. The molecular formula is C14H18O4. The van der Waals surface area contributed by atoms with Crippen molar-refractivity contribution in [3.8, 4) is 11.5 Å². The molecule has 18 heavy (non-hydrogen) atoms. The standard InChI is InChI=1S/C14H18O4/c1-8-5-10(6-12(18-2)14(8)17)11(7-13(15)16)9-3-4-9/h5-6,9,11,17H,3-4,7H2,1-2H3,(H,15,16). The number of carboxylic acid groups (broad SMARTS) is 1. The van der Waals surface area contributed by atoms with Gasteiger partial charge in [0.25, 0.3) is 0 Å². The number of benzene rings is 1. The maximum absolute atomic E-state index is 10.9. The predicted molar refractivity (Wildman–Crippen MR) is 67.1 cm³/mol. The lowest BCUT2D eigenvalue weighted by Gasteiger charge is -2.17. The summed E-state index contributed by atoms with van der Waals surface area (Å²) < 4.78 is 5.12. The Bertz CT molecular complexity index is 463. The lowest BCUT2D eigenvalue weighted by molar-refractivity contribution is -0.137. The van der Waals surface area contributed by atoms with Crippen molar-refractivity contribution in [2.24, 2.45) is 5.92 Å². The largest absolute Gasteiger partial charge is 0.504 e. The van der Waals surface area contributed by atoms with Gasteiger partial charge in [-0.25, -0.2) is 0 Å². The first kappa shape index (κ1) is 12.7. The van der Waals surface area contributed by atoms with Crippen LogP contribution in [0.3, 0.4) is 0 Å². The molecule has 1 saturated carbocycles. The highest BCUT2D eigenvalue weighted by Crippen LogP contribution is 2.46. The molecule has 0 amide bonds. The van der Waals surface area contributed by atoms with Gasteiger partial charge in [-0.3, -0.25) is 4.79 Å². The van der Waals surface area contributed by atoms with Crippen LogP contribution in [0.1, 0.15) is 36.3 Å². The van der Waals surface area contributed by atoms with Crippen molar-refractivity contribution in [1.29, 1.82) is 0 Å². The highest BCUT2D eigenvalue weighted by molar-refractivity contribution is 5.68. The third kappa shape index (κ3) is 2.58. The smallest absolute Gasteiger partial charge is 0.303 e. The highest BCUT2D eigenvalue weighted by atomic mass is 16.5. The summed E-state index contributed by atoms with van der Waals surface area (Å²) in [5, 5.41) is 18.8. The Morgan fingerprint density at radius 3 is 2.67 bits per heavy atom. The van der Waals surface area contributed by atoms with Crippen molar-refractivity contribution >= 4 is 5.97 Å². The molecule has 1 aliphatic carbocycles. The van der Waals surface area contributed by atoms with E-state index >= 15 is 0 Å². The zero-order chi connectivity index (χ0) is 13.3. The number of ether oxygens (including phenoxy) is 1. The number of carboxylic acids is 1. The van der Waals surface area contributed by atoms with Crippen molar-refractivity contribution in [3.63, 3.8) is 0 Å². The first-order valence-electron chi connectivity index (χ1n) is 6.12. The van der Waals surface area contributed by atoms with Crippen LogP contribution in [0, 0.1) is 12.8 Å². The summed E-state index contributed by atoms with van der Waals surface area (Å²) in [4.78, 5) is 10.9. The van der Waals surface area contributed by atoms with Crippen molar-refractivity contribution in [2.45, 2.75) is 32.1 Å². The molecule has 0 spiro atoms. The Kier molecular flexibility index (Phi) is 3.45. The molecule has 1 aliphatic rings. The second-order valence-electron chi connectivity index (χ2n) is 4.93. The van der Waals surface area contributed by atoms with Crippen LogP contribution in [0.15, 0.2) is 12.1 Å². The molecule has 2 rings (SSSR count). The summed E-state index contributed by atoms with van der Waals surface area (Å²) in [5.74, 6) is 0.245. The Labute approximate surface area is 106 Å². The number of methoxy groups -OCH3 is 1. The third-order valence-corrected chi connectivity index (χ3v) is 3.52. The summed E-state index contributed by atoms with van der Waals surface area (Å²) in [6.45, 7) is 1.80. The zero-order valence-corrected chi connectivity index (χ0v) is 10.6. The van der Waals surface area contributed by atoms with Gasteiger partial charge in [-0.1, -0.05) is 6.07 Å². The molecule has 1 aromatic carbocycles. The van der Waals surface area contributed by atoms with Crippen LogP contribution in [-0.2, 0) is 4.79 Å². The molecule has 4 heteroatoms. The van der Waals surface area contributed by atoms with Crippen LogP contribution >= 0.6 is 0 Å². The lowest BCUT2D eigenvalue weighted by atomic mass is 9.89. The quantitative estimate of drug-likeness (QED) is 0.843. The first-order valence-corrected chi connectivity index (χ1v) is 6.12. The Hall–Kier alpha value is -1.71. The monoisotopic (exact) mass is 250 g/mol. The van der Waals surface area contributed by atoms with Crippen molar-refractivity contribution in [1.82, 2.24) is 0 Å². The molecule has 4 nitrogen and oxygen atoms in total. The molecule has 0 bridgehead atoms. The molecule has 0 heterocycles. The van der Waals surface area contributed by atoms with Gasteiger partial charge in [0.05, 0.1) is 13.5 Å². The maximum atomic E-state index is 10.9. The van der Waals surface area contributed by atoms with Crippen molar-refractivity contribution in [2.75, 3.05) is 7.11 Å². The Balaban J connectivity index is 2.35. The van der Waals surface area contributed by atoms with E-state index in [-0.39, 0.29) is 18.1 Å². The van der Waals surface area contributed by atoms with Gasteiger partial charge in [0.2, 0.25) is 0 Å². The van der Waals surface area contributed by atoms with E-state index in [1.165, 1.54) is 7.11 Å². The van der Waals surface area contributed by atoms with Crippen molar-refractivity contribution in [3.05, 3.63) is 23.3 Å². The number of aliphatic carboxylic acids is 1. The van der Waals surface area contributed by atoms with E-state index in [1.807, 2.05) is 6.07 Å². The molecule has 1 atom stereocenters. The fraction of sp³-hybridized carbons (Fsp3) is 0.500. The highest BCUT2D eigenvalue weighted by Gasteiger charge is 2.34. The summed E-state index contributed by atoms with van der Waals surface area (Å²) >= 11 is 0. The number of hydrogen-bond acceptors (Lipinski definition) is 3. The van der Waals surface area contributed by atoms with E-state index < -0.39 is 5.97 Å². The average molecular weight is 250 g/mol. The lowest BCUT2D eigenvalue weighted by Crippen LogP contribution is -2.09. The Morgan fingerprint density at radius 1 is 1.50 bits per heavy atom. The minimum absolute atomic E-state index is 0.0238. The number of hydrogen-bond donors (Lipinski definition) is 2. The fourth-order valence-electron chi connectivity index (χ4n) is 2.39. The van der Waals surface area contributed by atoms with Gasteiger partial charge < -0.3 is 14.9 Å². The molecule has 2 N–H and O–H groups in total. The predicted octanol–water partition coefficient (Wildman–Crippen LogP) is 2.68. The van der Waals surface area contributed by atoms with E-state index in [0.717, 1.165) is 24.0 Å². The number of aryl methyl sites for hydroxylation is 1. The molecule has 1 aromatic rings. The van der Waals surface area contributed by atoms with Gasteiger partial charge in [0, 0.05) is 0 Å². The molecule has 0 radical (unpaired) electrons. The minimum Gasteiger partial charge on any atom is -0.504 e.